The Kier molecular flexibility index (Phi) is 6.37. The average molecular weight is 401 g/mol. The highest BCUT2D eigenvalue weighted by molar-refractivity contribution is 5.90. The largest absolute Gasteiger partial charge is 0.495 e. The number of hydrogen-bond donors (Lipinski definition) is 2. The molecule has 1 saturated heterocycles. The molecule has 1 saturated carbocycles. The van der Waals surface area contributed by atoms with Crippen molar-refractivity contribution in [2.75, 3.05) is 40.5 Å². The minimum atomic E-state index is -0.158. The lowest BCUT2D eigenvalue weighted by molar-refractivity contribution is 0.0613. The molecule has 2 fully saturated rings. The van der Waals surface area contributed by atoms with Gasteiger partial charge in [-0.15, -0.1) is 0 Å². The van der Waals surface area contributed by atoms with Gasteiger partial charge in [0.1, 0.15) is 17.7 Å². The van der Waals surface area contributed by atoms with Crippen LogP contribution in [0.15, 0.2) is 24.4 Å². The van der Waals surface area contributed by atoms with Crippen molar-refractivity contribution in [1.29, 1.82) is 5.41 Å². The topological polar surface area (TPSA) is 71.7 Å². The zero-order valence-corrected chi connectivity index (χ0v) is 17.4. The summed E-state index contributed by atoms with van der Waals surface area (Å²) in [6.07, 6.45) is 5.32. The third-order valence-corrected chi connectivity index (χ3v) is 5.78. The van der Waals surface area contributed by atoms with Crippen LogP contribution in [-0.2, 0) is 22.6 Å². The number of amidine groups is 1. The maximum atomic E-state index is 8.80. The van der Waals surface area contributed by atoms with Gasteiger partial charge in [-0.05, 0) is 30.9 Å². The number of nitrogens with zero attached hydrogens (tertiary/aromatic N) is 2. The van der Waals surface area contributed by atoms with Gasteiger partial charge in [0.05, 0.1) is 19.2 Å². The minimum absolute atomic E-state index is 0.158. The number of nitrogens with one attached hydrogen (secondary N) is 2. The van der Waals surface area contributed by atoms with Gasteiger partial charge in [-0.2, -0.15) is 0 Å². The number of methoxy groups -OCH3 is 2. The van der Waals surface area contributed by atoms with Crippen LogP contribution in [0.2, 0.25) is 0 Å². The van der Waals surface area contributed by atoms with Crippen LogP contribution in [0.1, 0.15) is 24.8 Å². The summed E-state index contributed by atoms with van der Waals surface area (Å²) in [5.74, 6) is 1.49. The van der Waals surface area contributed by atoms with Crippen molar-refractivity contribution in [2.24, 2.45) is 0 Å². The van der Waals surface area contributed by atoms with E-state index in [1.54, 1.807) is 14.2 Å². The number of morpholine rings is 1. The number of para-hydroxylation sites is 1. The fourth-order valence-corrected chi connectivity index (χ4v) is 4.15. The van der Waals surface area contributed by atoms with Crippen molar-refractivity contribution < 1.29 is 14.2 Å². The molecule has 1 atom stereocenters. The SMILES string of the molecule is COCCCn1cc(CN(C(=N)[C@H]2CNCCO2)C2CC2)c2cccc(OC)c21. The zero-order chi connectivity index (χ0) is 20.2. The van der Waals surface area contributed by atoms with E-state index in [1.165, 1.54) is 10.9 Å². The summed E-state index contributed by atoms with van der Waals surface area (Å²) < 4.78 is 19.0. The molecule has 7 heteroatoms. The lowest BCUT2D eigenvalue weighted by atomic mass is 10.1. The van der Waals surface area contributed by atoms with Gasteiger partial charge in [-0.3, -0.25) is 5.41 Å². The minimum Gasteiger partial charge on any atom is -0.495 e. The predicted molar refractivity (Wildman–Crippen MR) is 114 cm³/mol. The Morgan fingerprint density at radius 3 is 2.90 bits per heavy atom. The van der Waals surface area contributed by atoms with Crippen molar-refractivity contribution in [1.82, 2.24) is 14.8 Å². The predicted octanol–water partition coefficient (Wildman–Crippen LogP) is 2.62. The smallest absolute Gasteiger partial charge is 0.143 e. The van der Waals surface area contributed by atoms with E-state index in [9.17, 15) is 0 Å². The number of hydrogen-bond acceptors (Lipinski definition) is 5. The first-order valence-corrected chi connectivity index (χ1v) is 10.5. The molecule has 2 N–H and O–H groups in total. The first kappa shape index (κ1) is 20.2. The summed E-state index contributed by atoms with van der Waals surface area (Å²) >= 11 is 0. The summed E-state index contributed by atoms with van der Waals surface area (Å²) in [5, 5.41) is 13.3. The van der Waals surface area contributed by atoms with Gasteiger partial charge >= 0.3 is 0 Å². The number of aromatic nitrogens is 1. The highest BCUT2D eigenvalue weighted by Gasteiger charge is 2.35. The molecule has 2 heterocycles. The molecular weight excluding hydrogens is 368 g/mol. The van der Waals surface area contributed by atoms with Gasteiger partial charge in [0, 0.05) is 57.5 Å². The summed E-state index contributed by atoms with van der Waals surface area (Å²) in [6.45, 7) is 4.58. The van der Waals surface area contributed by atoms with Crippen LogP contribution in [0.3, 0.4) is 0 Å². The van der Waals surface area contributed by atoms with E-state index in [-0.39, 0.29) is 6.10 Å². The molecule has 2 aliphatic rings. The Labute approximate surface area is 172 Å². The normalized spacial score (nSPS) is 19.4. The molecule has 7 nitrogen and oxygen atoms in total. The van der Waals surface area contributed by atoms with Gasteiger partial charge < -0.3 is 29.0 Å². The van der Waals surface area contributed by atoms with E-state index in [1.807, 2.05) is 12.1 Å². The summed E-state index contributed by atoms with van der Waals surface area (Å²) in [4.78, 5) is 2.24. The van der Waals surface area contributed by atoms with Crippen LogP contribution < -0.4 is 10.1 Å². The van der Waals surface area contributed by atoms with Crippen LogP contribution in [-0.4, -0.2) is 68.0 Å². The van der Waals surface area contributed by atoms with Crippen LogP contribution in [0.5, 0.6) is 5.75 Å². The fourth-order valence-electron chi connectivity index (χ4n) is 4.15. The summed E-state index contributed by atoms with van der Waals surface area (Å²) in [5.41, 5.74) is 2.36. The first-order valence-electron chi connectivity index (χ1n) is 10.5. The van der Waals surface area contributed by atoms with E-state index in [2.05, 4.69) is 27.0 Å². The van der Waals surface area contributed by atoms with Gasteiger partial charge in [-0.1, -0.05) is 12.1 Å². The number of fused-ring (bicyclic) bond motifs is 1. The second-order valence-corrected chi connectivity index (χ2v) is 7.86. The van der Waals surface area contributed by atoms with Gasteiger partial charge in [-0.25, -0.2) is 0 Å². The Balaban J connectivity index is 1.62. The molecule has 158 valence electrons. The molecule has 4 rings (SSSR count). The molecule has 0 radical (unpaired) electrons. The number of ether oxygens (including phenoxy) is 3. The Morgan fingerprint density at radius 2 is 2.21 bits per heavy atom. The molecule has 0 amide bonds. The third-order valence-electron chi connectivity index (χ3n) is 5.78. The van der Waals surface area contributed by atoms with E-state index < -0.39 is 0 Å². The van der Waals surface area contributed by atoms with E-state index >= 15 is 0 Å². The molecule has 0 bridgehead atoms. The molecule has 1 aliphatic heterocycles. The van der Waals surface area contributed by atoms with Crippen molar-refractivity contribution >= 4 is 16.7 Å². The van der Waals surface area contributed by atoms with Crippen molar-refractivity contribution in [3.8, 4) is 5.75 Å². The Bertz CT molecular complexity index is 840. The standard InChI is InChI=1S/C22H32N4O3/c1-27-11-4-10-25-14-16(18-5-3-6-19(28-2)21(18)25)15-26(17-7-8-17)22(23)20-13-24-9-12-29-20/h3,5-6,14,17,20,23-24H,4,7-13,15H2,1-2H3/t20-/m1/s1. The first-order chi connectivity index (χ1) is 14.2. The number of rotatable bonds is 9. The molecule has 0 unspecified atom stereocenters. The van der Waals surface area contributed by atoms with Crippen molar-refractivity contribution in [3.63, 3.8) is 0 Å². The molecular formula is C22H32N4O3. The molecule has 1 aliphatic carbocycles. The molecule has 29 heavy (non-hydrogen) atoms. The molecule has 2 aromatic rings. The number of benzene rings is 1. The summed E-state index contributed by atoms with van der Waals surface area (Å²) in [7, 11) is 3.46. The highest BCUT2D eigenvalue weighted by atomic mass is 16.5. The second kappa shape index (κ2) is 9.15. The number of aryl methyl sites for hydroxylation is 1. The quantitative estimate of drug-likeness (QED) is 0.385. The van der Waals surface area contributed by atoms with Crippen molar-refractivity contribution in [3.05, 3.63) is 30.0 Å². The Hall–Kier alpha value is -2.09. The third kappa shape index (κ3) is 4.42. The highest BCUT2D eigenvalue weighted by Crippen LogP contribution is 2.34. The van der Waals surface area contributed by atoms with Gasteiger partial charge in [0.25, 0.3) is 0 Å². The summed E-state index contributed by atoms with van der Waals surface area (Å²) in [6, 6.07) is 6.67. The van der Waals surface area contributed by atoms with Crippen LogP contribution in [0.25, 0.3) is 10.9 Å². The van der Waals surface area contributed by atoms with E-state index in [4.69, 9.17) is 19.6 Å². The van der Waals surface area contributed by atoms with Gasteiger partial charge in [0.15, 0.2) is 0 Å². The van der Waals surface area contributed by atoms with Crippen molar-refractivity contribution in [2.45, 2.75) is 44.5 Å². The second-order valence-electron chi connectivity index (χ2n) is 7.86. The maximum absolute atomic E-state index is 8.80. The van der Waals surface area contributed by atoms with Crippen LogP contribution in [0.4, 0.5) is 0 Å². The monoisotopic (exact) mass is 400 g/mol. The molecule has 1 aromatic heterocycles. The van der Waals surface area contributed by atoms with Crippen LogP contribution in [0, 0.1) is 5.41 Å². The van der Waals surface area contributed by atoms with Gasteiger partial charge in [0.2, 0.25) is 0 Å². The van der Waals surface area contributed by atoms with E-state index in [0.29, 0.717) is 25.0 Å². The Morgan fingerprint density at radius 1 is 1.34 bits per heavy atom. The lowest BCUT2D eigenvalue weighted by Gasteiger charge is -2.32. The molecule has 0 spiro atoms. The van der Waals surface area contributed by atoms with Crippen LogP contribution >= 0.6 is 0 Å². The fraction of sp³-hybridized carbons (Fsp3) is 0.591. The van der Waals surface area contributed by atoms with E-state index in [0.717, 1.165) is 56.8 Å². The average Bonchev–Trinajstić information content (AvgIpc) is 3.55. The lowest BCUT2D eigenvalue weighted by Crippen LogP contribution is -2.49. The zero-order valence-electron chi connectivity index (χ0n) is 17.4. The maximum Gasteiger partial charge on any atom is 0.143 e. The molecule has 1 aromatic carbocycles.